The zero-order valence-electron chi connectivity index (χ0n) is 12.1. The Morgan fingerprint density at radius 3 is 2.68 bits per heavy atom. The molecule has 0 radical (unpaired) electrons. The van der Waals surface area contributed by atoms with Crippen molar-refractivity contribution in [3.63, 3.8) is 0 Å². The van der Waals surface area contributed by atoms with Crippen molar-refractivity contribution in [2.24, 2.45) is 7.05 Å². The second-order valence-corrected chi connectivity index (χ2v) is 4.78. The van der Waals surface area contributed by atoms with E-state index >= 15 is 0 Å². The molecule has 0 unspecified atom stereocenters. The number of hydrogen-bond acceptors (Lipinski definition) is 4. The van der Waals surface area contributed by atoms with Gasteiger partial charge in [-0.05, 0) is 20.3 Å². The Morgan fingerprint density at radius 1 is 1.26 bits per heavy atom. The maximum atomic E-state index is 4.42. The molecule has 2 aromatic heterocycles. The van der Waals surface area contributed by atoms with Crippen LogP contribution in [0.3, 0.4) is 0 Å². The van der Waals surface area contributed by atoms with E-state index in [4.69, 9.17) is 0 Å². The van der Waals surface area contributed by atoms with E-state index < -0.39 is 0 Å². The van der Waals surface area contributed by atoms with Gasteiger partial charge < -0.3 is 5.32 Å². The Labute approximate surface area is 113 Å². The highest BCUT2D eigenvalue weighted by atomic mass is 15.3. The summed E-state index contributed by atoms with van der Waals surface area (Å²) in [6.07, 6.45) is 2.68. The maximum absolute atomic E-state index is 4.42. The average molecular weight is 262 g/mol. The van der Waals surface area contributed by atoms with Gasteiger partial charge in [0.05, 0.1) is 12.2 Å². The molecule has 0 aliphatic carbocycles. The third-order valence-corrected chi connectivity index (χ3v) is 3.37. The quantitative estimate of drug-likeness (QED) is 0.853. The lowest BCUT2D eigenvalue weighted by Gasteiger charge is -2.07. The predicted molar refractivity (Wildman–Crippen MR) is 73.5 cm³/mol. The van der Waals surface area contributed by atoms with Crippen LogP contribution in [-0.4, -0.2) is 24.5 Å². The molecular formula is C13H22N6. The van der Waals surface area contributed by atoms with Gasteiger partial charge in [-0.15, -0.1) is 0 Å². The van der Waals surface area contributed by atoms with Gasteiger partial charge in [0.15, 0.2) is 0 Å². The first-order valence-electron chi connectivity index (χ1n) is 6.70. The molecule has 1 N–H and O–H groups in total. The number of rotatable bonds is 6. The lowest BCUT2D eigenvalue weighted by atomic mass is 10.2. The maximum Gasteiger partial charge on any atom is 0.140 e. The van der Waals surface area contributed by atoms with Gasteiger partial charge in [-0.1, -0.05) is 6.92 Å². The highest BCUT2D eigenvalue weighted by Crippen LogP contribution is 2.11. The monoisotopic (exact) mass is 262 g/mol. The fraction of sp³-hybridized carbons (Fsp3) is 0.615. The van der Waals surface area contributed by atoms with Crippen LogP contribution in [0.5, 0.6) is 0 Å². The van der Waals surface area contributed by atoms with Crippen molar-refractivity contribution in [1.82, 2.24) is 29.9 Å². The van der Waals surface area contributed by atoms with Crippen molar-refractivity contribution < 1.29 is 0 Å². The second kappa shape index (κ2) is 5.97. The Kier molecular flexibility index (Phi) is 4.31. The van der Waals surface area contributed by atoms with Crippen LogP contribution >= 0.6 is 0 Å². The third-order valence-electron chi connectivity index (χ3n) is 3.37. The van der Waals surface area contributed by atoms with E-state index in [9.17, 15) is 0 Å². The predicted octanol–water partition coefficient (Wildman–Crippen LogP) is 1.33. The number of aryl methyl sites for hydroxylation is 3. The zero-order valence-corrected chi connectivity index (χ0v) is 12.1. The molecule has 0 aliphatic heterocycles. The molecule has 0 saturated heterocycles. The van der Waals surface area contributed by atoms with E-state index in [1.807, 2.05) is 23.3 Å². The summed E-state index contributed by atoms with van der Waals surface area (Å²) in [5.41, 5.74) is 3.56. The molecule has 0 aromatic carbocycles. The first kappa shape index (κ1) is 13.7. The molecule has 0 atom stereocenters. The second-order valence-electron chi connectivity index (χ2n) is 4.78. The van der Waals surface area contributed by atoms with Crippen molar-refractivity contribution in [2.45, 2.75) is 46.8 Å². The summed E-state index contributed by atoms with van der Waals surface area (Å²) in [5, 5.41) is 12.1. The first-order valence-corrected chi connectivity index (χ1v) is 6.70. The Bertz CT molecular complexity index is 539. The van der Waals surface area contributed by atoms with Crippen LogP contribution < -0.4 is 5.32 Å². The van der Waals surface area contributed by atoms with Crippen molar-refractivity contribution in [3.8, 4) is 0 Å². The number of aromatic nitrogens is 5. The van der Waals surface area contributed by atoms with E-state index in [2.05, 4.69) is 34.3 Å². The molecule has 6 heteroatoms. The van der Waals surface area contributed by atoms with E-state index in [0.29, 0.717) is 0 Å². The van der Waals surface area contributed by atoms with Crippen LogP contribution in [0.4, 0.5) is 0 Å². The average Bonchev–Trinajstić information content (AvgIpc) is 2.90. The molecule has 2 rings (SSSR count). The highest BCUT2D eigenvalue weighted by Gasteiger charge is 2.09. The number of hydrogen-bond donors (Lipinski definition) is 1. The molecule has 19 heavy (non-hydrogen) atoms. The van der Waals surface area contributed by atoms with Gasteiger partial charge in [0.2, 0.25) is 0 Å². The van der Waals surface area contributed by atoms with Gasteiger partial charge >= 0.3 is 0 Å². The van der Waals surface area contributed by atoms with Crippen molar-refractivity contribution in [2.75, 3.05) is 0 Å². The van der Waals surface area contributed by atoms with Gasteiger partial charge in [-0.25, -0.2) is 9.67 Å². The van der Waals surface area contributed by atoms with Gasteiger partial charge in [0.25, 0.3) is 0 Å². The molecule has 0 amide bonds. The molecule has 0 aliphatic rings. The molecular weight excluding hydrogens is 240 g/mol. The van der Waals surface area contributed by atoms with Gasteiger partial charge in [-0.3, -0.25) is 4.68 Å². The van der Waals surface area contributed by atoms with Crippen LogP contribution in [0, 0.1) is 13.8 Å². The van der Waals surface area contributed by atoms with Crippen molar-refractivity contribution in [1.29, 1.82) is 0 Å². The SMILES string of the molecule is CCCn1ncnc1CNCc1c(C)nn(C)c1C. The van der Waals surface area contributed by atoms with Crippen LogP contribution in [0.2, 0.25) is 0 Å². The van der Waals surface area contributed by atoms with Crippen molar-refractivity contribution in [3.05, 3.63) is 29.1 Å². The molecule has 0 bridgehead atoms. The zero-order chi connectivity index (χ0) is 13.8. The Hall–Kier alpha value is -1.69. The normalized spacial score (nSPS) is 11.2. The minimum absolute atomic E-state index is 0.730. The van der Waals surface area contributed by atoms with Crippen LogP contribution in [0.15, 0.2) is 6.33 Å². The summed E-state index contributed by atoms with van der Waals surface area (Å²) in [6, 6.07) is 0. The topological polar surface area (TPSA) is 60.6 Å². The number of nitrogens with zero attached hydrogens (tertiary/aromatic N) is 5. The van der Waals surface area contributed by atoms with E-state index in [1.165, 1.54) is 11.3 Å². The molecule has 2 aromatic rings. The molecule has 0 fully saturated rings. The summed E-state index contributed by atoms with van der Waals surface area (Å²) in [7, 11) is 1.98. The number of nitrogens with one attached hydrogen (secondary N) is 1. The van der Waals surface area contributed by atoms with Crippen LogP contribution in [-0.2, 0) is 26.7 Å². The summed E-state index contributed by atoms with van der Waals surface area (Å²) in [6.45, 7) is 8.74. The smallest absolute Gasteiger partial charge is 0.140 e. The van der Waals surface area contributed by atoms with E-state index in [1.54, 1.807) is 6.33 Å². The lowest BCUT2D eigenvalue weighted by Crippen LogP contribution is -2.18. The summed E-state index contributed by atoms with van der Waals surface area (Å²) in [4.78, 5) is 4.28. The molecule has 0 saturated carbocycles. The Balaban J connectivity index is 1.94. The standard InChI is InChI=1S/C13H22N6/c1-5-6-19-13(15-9-16-19)8-14-7-12-10(2)17-18(4)11(12)3/h9,14H,5-8H2,1-4H3. The fourth-order valence-corrected chi connectivity index (χ4v) is 2.20. The summed E-state index contributed by atoms with van der Waals surface area (Å²) < 4.78 is 3.88. The Morgan fingerprint density at radius 2 is 2.05 bits per heavy atom. The van der Waals surface area contributed by atoms with Gasteiger partial charge in [0, 0.05) is 31.4 Å². The molecule has 2 heterocycles. The van der Waals surface area contributed by atoms with Gasteiger partial charge in [0.1, 0.15) is 12.2 Å². The van der Waals surface area contributed by atoms with Gasteiger partial charge in [-0.2, -0.15) is 10.2 Å². The summed E-state index contributed by atoms with van der Waals surface area (Å²) >= 11 is 0. The third kappa shape index (κ3) is 3.01. The fourth-order valence-electron chi connectivity index (χ4n) is 2.20. The largest absolute Gasteiger partial charge is 0.306 e. The minimum Gasteiger partial charge on any atom is -0.306 e. The summed E-state index contributed by atoms with van der Waals surface area (Å²) in [5.74, 6) is 0.987. The van der Waals surface area contributed by atoms with Crippen LogP contribution in [0.25, 0.3) is 0 Å². The first-order chi connectivity index (χ1) is 9.13. The minimum atomic E-state index is 0.730. The highest BCUT2D eigenvalue weighted by molar-refractivity contribution is 5.23. The molecule has 6 nitrogen and oxygen atoms in total. The molecule has 104 valence electrons. The molecule has 0 spiro atoms. The van der Waals surface area contributed by atoms with E-state index in [-0.39, 0.29) is 0 Å². The van der Waals surface area contributed by atoms with E-state index in [0.717, 1.165) is 37.6 Å². The lowest BCUT2D eigenvalue weighted by molar-refractivity contribution is 0.541. The van der Waals surface area contributed by atoms with Crippen LogP contribution in [0.1, 0.15) is 36.1 Å². The van der Waals surface area contributed by atoms with Crippen molar-refractivity contribution >= 4 is 0 Å².